The Hall–Kier alpha value is -1.63. The van der Waals surface area contributed by atoms with Crippen LogP contribution in [0.3, 0.4) is 0 Å². The second-order valence-corrected chi connectivity index (χ2v) is 8.14. The number of likely N-dealkylation sites (N-methyl/N-ethyl adjacent to an activating group) is 1. The fourth-order valence-corrected chi connectivity index (χ4v) is 5.06. The summed E-state index contributed by atoms with van der Waals surface area (Å²) in [5, 5.41) is 1.57. The fourth-order valence-electron chi connectivity index (χ4n) is 3.39. The third-order valence-corrected chi connectivity index (χ3v) is 6.71. The van der Waals surface area contributed by atoms with Crippen LogP contribution in [0, 0.1) is 0 Å². The van der Waals surface area contributed by atoms with Crippen molar-refractivity contribution in [3.8, 4) is 5.75 Å². The van der Waals surface area contributed by atoms with Crippen molar-refractivity contribution in [2.24, 2.45) is 0 Å². The zero-order valence-electron chi connectivity index (χ0n) is 14.9. The van der Waals surface area contributed by atoms with Crippen LogP contribution in [0.5, 0.6) is 5.75 Å². The lowest BCUT2D eigenvalue weighted by Crippen LogP contribution is -2.35. The van der Waals surface area contributed by atoms with E-state index in [1.54, 1.807) is 16.4 Å². The van der Waals surface area contributed by atoms with E-state index >= 15 is 0 Å². The Morgan fingerprint density at radius 1 is 0.960 bits per heavy atom. The molecule has 0 aromatic heterocycles. The van der Waals surface area contributed by atoms with Gasteiger partial charge in [0, 0.05) is 30.4 Å². The molecule has 0 bridgehead atoms. The Bertz CT molecular complexity index is 836. The third kappa shape index (κ3) is 3.66. The average Bonchev–Trinajstić information content (AvgIpc) is 2.88. The molecule has 3 rings (SSSR count). The van der Waals surface area contributed by atoms with E-state index in [0.29, 0.717) is 24.6 Å². The van der Waals surface area contributed by atoms with Crippen LogP contribution in [-0.4, -0.2) is 57.0 Å². The van der Waals surface area contributed by atoms with Crippen molar-refractivity contribution in [2.45, 2.75) is 25.2 Å². The zero-order valence-corrected chi connectivity index (χ0v) is 15.8. The molecule has 1 aliphatic rings. The van der Waals surface area contributed by atoms with Crippen molar-refractivity contribution in [1.29, 1.82) is 0 Å². The zero-order chi connectivity index (χ0) is 17.9. The molecule has 0 spiro atoms. The largest absolute Gasteiger partial charge is 0.493 e. The van der Waals surface area contributed by atoms with Gasteiger partial charge >= 0.3 is 0 Å². The topological polar surface area (TPSA) is 49.9 Å². The summed E-state index contributed by atoms with van der Waals surface area (Å²) in [6, 6.07) is 11.0. The molecule has 6 heteroatoms. The molecule has 5 nitrogen and oxygen atoms in total. The average molecular weight is 362 g/mol. The number of benzene rings is 2. The van der Waals surface area contributed by atoms with Crippen molar-refractivity contribution in [1.82, 2.24) is 9.21 Å². The maximum Gasteiger partial charge on any atom is 0.243 e. The predicted octanol–water partition coefficient (Wildman–Crippen LogP) is 2.95. The Morgan fingerprint density at radius 2 is 1.72 bits per heavy atom. The summed E-state index contributed by atoms with van der Waals surface area (Å²) in [5.41, 5.74) is 0. The first-order valence-corrected chi connectivity index (χ1v) is 10.4. The smallest absolute Gasteiger partial charge is 0.243 e. The molecular formula is C19H26N2O3S. The molecule has 1 saturated heterocycles. The van der Waals surface area contributed by atoms with E-state index in [2.05, 4.69) is 11.8 Å². The van der Waals surface area contributed by atoms with Crippen molar-refractivity contribution in [2.75, 3.05) is 39.3 Å². The van der Waals surface area contributed by atoms with Gasteiger partial charge in [-0.2, -0.15) is 4.31 Å². The quantitative estimate of drug-likeness (QED) is 0.821. The van der Waals surface area contributed by atoms with E-state index in [1.165, 1.54) is 0 Å². The highest BCUT2D eigenvalue weighted by atomic mass is 32.2. The summed E-state index contributed by atoms with van der Waals surface area (Å²) in [4.78, 5) is 2.67. The van der Waals surface area contributed by atoms with Gasteiger partial charge in [-0.25, -0.2) is 8.42 Å². The molecule has 0 unspecified atom stereocenters. The van der Waals surface area contributed by atoms with Gasteiger partial charge in [-0.05, 0) is 38.6 Å². The van der Waals surface area contributed by atoms with Gasteiger partial charge < -0.3 is 9.64 Å². The van der Waals surface area contributed by atoms with Gasteiger partial charge in [-0.3, -0.25) is 0 Å². The first-order chi connectivity index (χ1) is 12.1. The van der Waals surface area contributed by atoms with E-state index in [1.807, 2.05) is 31.2 Å². The van der Waals surface area contributed by atoms with Crippen LogP contribution in [0.2, 0.25) is 0 Å². The Kier molecular flexibility index (Phi) is 5.61. The fraction of sp³-hybridized carbons (Fsp3) is 0.474. The van der Waals surface area contributed by atoms with Crippen LogP contribution in [0.25, 0.3) is 10.8 Å². The van der Waals surface area contributed by atoms with Crippen LogP contribution in [-0.2, 0) is 10.0 Å². The van der Waals surface area contributed by atoms with Crippen LogP contribution in [0.15, 0.2) is 41.3 Å². The minimum Gasteiger partial charge on any atom is -0.493 e. The highest BCUT2D eigenvalue weighted by Crippen LogP contribution is 2.32. The first-order valence-electron chi connectivity index (χ1n) is 8.95. The van der Waals surface area contributed by atoms with E-state index < -0.39 is 10.0 Å². The molecule has 0 saturated carbocycles. The Labute approximate surface area is 150 Å². The summed E-state index contributed by atoms with van der Waals surface area (Å²) in [6.07, 6.45) is 0.863. The molecule has 1 heterocycles. The molecule has 0 atom stereocenters. The van der Waals surface area contributed by atoms with Gasteiger partial charge in [0.05, 0.1) is 11.5 Å². The molecule has 1 fully saturated rings. The van der Waals surface area contributed by atoms with Gasteiger partial charge in [0.2, 0.25) is 10.0 Å². The van der Waals surface area contributed by atoms with E-state index in [9.17, 15) is 8.42 Å². The predicted molar refractivity (Wildman–Crippen MR) is 101 cm³/mol. The van der Waals surface area contributed by atoms with Crippen LogP contribution < -0.4 is 4.74 Å². The lowest BCUT2D eigenvalue weighted by Gasteiger charge is -2.22. The molecule has 136 valence electrons. The number of fused-ring (bicyclic) bond motifs is 1. The molecular weight excluding hydrogens is 336 g/mol. The minimum absolute atomic E-state index is 0.372. The summed E-state index contributed by atoms with van der Waals surface area (Å²) in [6.45, 7) is 8.39. The number of ether oxygens (including phenoxy) is 1. The lowest BCUT2D eigenvalue weighted by molar-refractivity contribution is 0.302. The SMILES string of the molecule is CCOc1ccc(S(=O)(=O)N2CCCN(CC)CC2)c2ccccc12. The second kappa shape index (κ2) is 7.72. The molecule has 1 aliphatic heterocycles. The second-order valence-electron chi connectivity index (χ2n) is 6.23. The maximum absolute atomic E-state index is 13.3. The molecule has 2 aromatic carbocycles. The highest BCUT2D eigenvalue weighted by Gasteiger charge is 2.28. The van der Waals surface area contributed by atoms with Crippen molar-refractivity contribution < 1.29 is 13.2 Å². The normalized spacial score (nSPS) is 17.5. The summed E-state index contributed by atoms with van der Waals surface area (Å²) >= 11 is 0. The summed E-state index contributed by atoms with van der Waals surface area (Å²) < 4.78 is 33.9. The van der Waals surface area contributed by atoms with Gasteiger partial charge in [-0.1, -0.05) is 31.2 Å². The molecule has 0 radical (unpaired) electrons. The first kappa shape index (κ1) is 18.2. The molecule has 2 aromatic rings. The van der Waals surface area contributed by atoms with E-state index in [0.717, 1.165) is 42.6 Å². The summed E-state index contributed by atoms with van der Waals surface area (Å²) in [5.74, 6) is 0.727. The van der Waals surface area contributed by atoms with Gasteiger partial charge in [0.25, 0.3) is 0 Å². The van der Waals surface area contributed by atoms with E-state index in [-0.39, 0.29) is 0 Å². The molecule has 0 aliphatic carbocycles. The minimum atomic E-state index is -3.52. The van der Waals surface area contributed by atoms with Crippen molar-refractivity contribution >= 4 is 20.8 Å². The maximum atomic E-state index is 13.3. The Balaban J connectivity index is 2.01. The lowest BCUT2D eigenvalue weighted by atomic mass is 10.1. The monoisotopic (exact) mass is 362 g/mol. The Morgan fingerprint density at radius 3 is 2.44 bits per heavy atom. The summed E-state index contributed by atoms with van der Waals surface area (Å²) in [7, 11) is -3.52. The number of hydrogen-bond donors (Lipinski definition) is 0. The molecule has 25 heavy (non-hydrogen) atoms. The molecule has 0 N–H and O–H groups in total. The van der Waals surface area contributed by atoms with Gasteiger partial charge in [0.15, 0.2) is 0 Å². The van der Waals surface area contributed by atoms with Crippen molar-refractivity contribution in [3.05, 3.63) is 36.4 Å². The number of rotatable bonds is 5. The van der Waals surface area contributed by atoms with Crippen LogP contribution in [0.1, 0.15) is 20.3 Å². The number of nitrogens with zero attached hydrogens (tertiary/aromatic N) is 2. The van der Waals surface area contributed by atoms with Crippen LogP contribution in [0.4, 0.5) is 0 Å². The van der Waals surface area contributed by atoms with Crippen molar-refractivity contribution in [3.63, 3.8) is 0 Å². The van der Waals surface area contributed by atoms with E-state index in [4.69, 9.17) is 4.74 Å². The van der Waals surface area contributed by atoms with Gasteiger partial charge in [-0.15, -0.1) is 0 Å². The van der Waals surface area contributed by atoms with Gasteiger partial charge in [0.1, 0.15) is 5.75 Å². The standard InChI is InChI=1S/C19H26N2O3S/c1-3-20-12-7-13-21(15-14-20)25(22,23)19-11-10-18(24-4-2)16-8-5-6-9-17(16)19/h5-6,8-11H,3-4,7,12-15H2,1-2H3. The third-order valence-electron chi connectivity index (χ3n) is 4.76. The number of hydrogen-bond acceptors (Lipinski definition) is 4. The highest BCUT2D eigenvalue weighted by molar-refractivity contribution is 7.89. The number of sulfonamides is 1. The van der Waals surface area contributed by atoms with Crippen LogP contribution >= 0.6 is 0 Å². The molecule has 0 amide bonds.